The van der Waals surface area contributed by atoms with Gasteiger partial charge >= 0.3 is 5.97 Å². The molecule has 3 aromatic carbocycles. The quantitative estimate of drug-likeness (QED) is 0.318. The Balaban J connectivity index is 1.32. The maximum atomic E-state index is 14.8. The third kappa shape index (κ3) is 5.38. The first-order chi connectivity index (χ1) is 23.4. The molecule has 2 fully saturated rings. The summed E-state index contributed by atoms with van der Waals surface area (Å²) in [6, 6.07) is 20.4. The van der Waals surface area contributed by atoms with Crippen LogP contribution in [0.4, 0.5) is 5.69 Å². The van der Waals surface area contributed by atoms with Crippen LogP contribution in [0.1, 0.15) is 37.8 Å². The molecule has 7 atom stereocenters. The minimum atomic E-state index is -1.48. The summed E-state index contributed by atoms with van der Waals surface area (Å²) >= 11 is 0. The number of rotatable bonds is 5. The van der Waals surface area contributed by atoms with E-state index in [-0.39, 0.29) is 38.1 Å². The number of carbonyl (C=O) groups is 4. The lowest BCUT2D eigenvalue weighted by Gasteiger charge is -2.38. The zero-order valence-corrected chi connectivity index (χ0v) is 26.7. The van der Waals surface area contributed by atoms with Gasteiger partial charge in [-0.25, -0.2) is 0 Å². The number of hydrogen-bond donors (Lipinski definition) is 2. The number of aliphatic hydroxyl groups excluding tert-OH is 1. The van der Waals surface area contributed by atoms with E-state index >= 15 is 0 Å². The van der Waals surface area contributed by atoms with Crippen LogP contribution in [0.3, 0.4) is 0 Å². The lowest BCUT2D eigenvalue weighted by atomic mass is 9.77. The van der Waals surface area contributed by atoms with Gasteiger partial charge in [0.2, 0.25) is 11.8 Å². The van der Waals surface area contributed by atoms with E-state index in [0.717, 1.165) is 16.3 Å². The molecule has 3 amide bonds. The molecule has 10 heteroatoms. The lowest BCUT2D eigenvalue weighted by molar-refractivity contribution is -0.146. The van der Waals surface area contributed by atoms with Gasteiger partial charge in [-0.15, -0.1) is 0 Å². The molecular weight excluding hydrogens is 610 g/mol. The first-order valence-corrected chi connectivity index (χ1v) is 16.6. The van der Waals surface area contributed by atoms with Gasteiger partial charge in [-0.2, -0.15) is 0 Å². The molecule has 248 valence electrons. The number of cyclic esters (lactones) is 1. The maximum absolute atomic E-state index is 14.8. The van der Waals surface area contributed by atoms with E-state index in [1.54, 1.807) is 23.1 Å². The topological polar surface area (TPSA) is 125 Å². The molecule has 4 aliphatic heterocycles. The Kier molecular flexibility index (Phi) is 8.61. The zero-order chi connectivity index (χ0) is 33.4. The Morgan fingerprint density at radius 3 is 2.50 bits per heavy atom. The molecule has 7 rings (SSSR count). The second-order valence-electron chi connectivity index (χ2n) is 12.8. The highest BCUT2D eigenvalue weighted by Gasteiger charge is 2.72. The van der Waals surface area contributed by atoms with Gasteiger partial charge in [-0.1, -0.05) is 91.9 Å². The fourth-order valence-corrected chi connectivity index (χ4v) is 7.76. The SMILES string of the molecule is CC[C@@H](CO)N1C(=O)[C@H]2[C@@H]3C(=O)N[C@@H](c4ccccc4)COC(=O)CC/C=C\[C@@H]3O[C@]23C=CCN(c2ccc4ccccc4c2)C(=O)[C@H]13. The molecule has 0 saturated carbocycles. The van der Waals surface area contributed by atoms with Crippen molar-refractivity contribution in [3.05, 3.63) is 103 Å². The van der Waals surface area contributed by atoms with Gasteiger partial charge in [0.25, 0.3) is 5.91 Å². The Labute approximate surface area is 279 Å². The average Bonchev–Trinajstić information content (AvgIpc) is 3.49. The van der Waals surface area contributed by atoms with E-state index in [1.807, 2.05) is 85.8 Å². The van der Waals surface area contributed by atoms with Crippen LogP contribution in [0.2, 0.25) is 0 Å². The molecule has 1 spiro atoms. The zero-order valence-electron chi connectivity index (χ0n) is 26.7. The summed E-state index contributed by atoms with van der Waals surface area (Å²) in [4.78, 5) is 59.6. The van der Waals surface area contributed by atoms with Gasteiger partial charge in [0, 0.05) is 18.7 Å². The van der Waals surface area contributed by atoms with Gasteiger partial charge in [0.1, 0.15) is 18.2 Å². The normalized spacial score (nSPS) is 30.3. The molecule has 48 heavy (non-hydrogen) atoms. The molecule has 0 aromatic heterocycles. The number of nitrogens with one attached hydrogen (secondary N) is 1. The molecule has 0 unspecified atom stereocenters. The number of ether oxygens (including phenoxy) is 2. The molecule has 4 aliphatic rings. The number of fused-ring (bicyclic) bond motifs is 3. The minimum Gasteiger partial charge on any atom is -0.463 e. The number of carbonyl (C=O) groups excluding carboxylic acids is 4. The Morgan fingerprint density at radius 1 is 0.958 bits per heavy atom. The first kappa shape index (κ1) is 31.8. The van der Waals surface area contributed by atoms with E-state index in [2.05, 4.69) is 5.32 Å². The predicted octanol–water partition coefficient (Wildman–Crippen LogP) is 3.85. The fraction of sp³-hybridized carbons (Fsp3) is 0.368. The molecule has 0 radical (unpaired) electrons. The van der Waals surface area contributed by atoms with Crippen molar-refractivity contribution >= 4 is 40.2 Å². The molecule has 4 heterocycles. The van der Waals surface area contributed by atoms with Crippen LogP contribution in [0.25, 0.3) is 10.8 Å². The summed E-state index contributed by atoms with van der Waals surface area (Å²) in [5.74, 6) is -3.63. The van der Waals surface area contributed by atoms with Gasteiger partial charge in [-0.3, -0.25) is 19.2 Å². The molecule has 0 aliphatic carbocycles. The highest BCUT2D eigenvalue weighted by Crippen LogP contribution is 2.53. The highest BCUT2D eigenvalue weighted by molar-refractivity contribution is 6.06. The number of hydrogen-bond acceptors (Lipinski definition) is 7. The monoisotopic (exact) mass is 649 g/mol. The maximum Gasteiger partial charge on any atom is 0.306 e. The minimum absolute atomic E-state index is 0.0728. The molecule has 3 aromatic rings. The number of anilines is 1. The number of likely N-dealkylation sites (tertiary alicyclic amines) is 1. The fourth-order valence-electron chi connectivity index (χ4n) is 7.76. The summed E-state index contributed by atoms with van der Waals surface area (Å²) in [6.45, 7) is 1.66. The summed E-state index contributed by atoms with van der Waals surface area (Å²) in [5, 5.41) is 15.5. The van der Waals surface area contributed by atoms with Crippen molar-refractivity contribution in [3.8, 4) is 0 Å². The largest absolute Gasteiger partial charge is 0.463 e. The number of nitrogens with zero attached hydrogens (tertiary/aromatic N) is 2. The smallest absolute Gasteiger partial charge is 0.306 e. The van der Waals surface area contributed by atoms with Crippen LogP contribution in [0.5, 0.6) is 0 Å². The molecular formula is C38H39N3O7. The van der Waals surface area contributed by atoms with Crippen molar-refractivity contribution in [2.45, 2.75) is 56.0 Å². The summed E-state index contributed by atoms with van der Waals surface area (Å²) in [7, 11) is 0. The number of benzene rings is 3. The molecule has 0 bridgehead atoms. The Morgan fingerprint density at radius 2 is 1.73 bits per heavy atom. The number of allylic oxidation sites excluding steroid dienone is 1. The number of amides is 3. The van der Waals surface area contributed by atoms with Gasteiger partial charge in [0.05, 0.1) is 36.6 Å². The van der Waals surface area contributed by atoms with Crippen molar-refractivity contribution < 1.29 is 33.8 Å². The van der Waals surface area contributed by atoms with E-state index < -0.39 is 53.5 Å². The third-order valence-corrected chi connectivity index (χ3v) is 10.1. The van der Waals surface area contributed by atoms with Crippen molar-refractivity contribution in [1.29, 1.82) is 0 Å². The van der Waals surface area contributed by atoms with E-state index in [1.165, 1.54) is 4.90 Å². The second-order valence-corrected chi connectivity index (χ2v) is 12.8. The summed E-state index contributed by atoms with van der Waals surface area (Å²) in [5.41, 5.74) is -0.0601. The average molecular weight is 650 g/mol. The predicted molar refractivity (Wildman–Crippen MR) is 178 cm³/mol. The van der Waals surface area contributed by atoms with Gasteiger partial charge in [0.15, 0.2) is 0 Å². The standard InChI is InChI=1S/C38H39N3O7/c1-2-27(22-42)41-34-37(46)40(28-18-17-24-11-6-7-14-26(24)21-28)20-10-19-38(34)33(36(41)45)32-30(48-38)15-8-9-16-31(43)47-23-29(39-35(32)44)25-12-4-3-5-13-25/h3-8,10-15,17-19,21,27,29-30,32-34,42H,2,9,16,20,22-23H2,1H3,(H,39,44)/b15-8-/t27-,29+,30-,32+,33+,34-,38+/m0/s1. The van der Waals surface area contributed by atoms with Crippen LogP contribution >= 0.6 is 0 Å². The van der Waals surface area contributed by atoms with E-state index in [0.29, 0.717) is 18.5 Å². The van der Waals surface area contributed by atoms with Crippen molar-refractivity contribution in [1.82, 2.24) is 10.2 Å². The van der Waals surface area contributed by atoms with Crippen molar-refractivity contribution in [2.24, 2.45) is 11.8 Å². The summed E-state index contributed by atoms with van der Waals surface area (Å²) in [6.07, 6.45) is 7.17. The number of esters is 1. The van der Waals surface area contributed by atoms with Crippen LogP contribution in [-0.4, -0.2) is 77.2 Å². The van der Waals surface area contributed by atoms with Crippen molar-refractivity contribution in [3.63, 3.8) is 0 Å². The van der Waals surface area contributed by atoms with Crippen LogP contribution < -0.4 is 10.2 Å². The molecule has 2 N–H and O–H groups in total. The van der Waals surface area contributed by atoms with Crippen LogP contribution in [-0.2, 0) is 28.7 Å². The van der Waals surface area contributed by atoms with Crippen molar-refractivity contribution in [2.75, 3.05) is 24.7 Å². The third-order valence-electron chi connectivity index (χ3n) is 10.1. The first-order valence-electron chi connectivity index (χ1n) is 16.6. The molecule has 2 saturated heterocycles. The highest BCUT2D eigenvalue weighted by atomic mass is 16.5. The van der Waals surface area contributed by atoms with E-state index in [9.17, 15) is 24.3 Å². The number of aliphatic hydroxyl groups is 1. The van der Waals surface area contributed by atoms with Crippen LogP contribution in [0, 0.1) is 11.8 Å². The van der Waals surface area contributed by atoms with Gasteiger partial charge in [-0.05, 0) is 41.3 Å². The Bertz CT molecular complexity index is 1790. The molecule has 10 nitrogen and oxygen atoms in total. The van der Waals surface area contributed by atoms with E-state index in [4.69, 9.17) is 9.47 Å². The lowest BCUT2D eigenvalue weighted by Crippen LogP contribution is -2.58. The van der Waals surface area contributed by atoms with Crippen LogP contribution in [0.15, 0.2) is 97.1 Å². The van der Waals surface area contributed by atoms with Gasteiger partial charge < -0.3 is 29.7 Å². The summed E-state index contributed by atoms with van der Waals surface area (Å²) < 4.78 is 12.4. The Hall–Kier alpha value is -4.80. The second kappa shape index (κ2) is 13.0.